The molecule has 11 nitrogen and oxygen atoms in total. The zero-order valence-electron chi connectivity index (χ0n) is 25.0. The number of carbonyl (C=O) groups excluding carboxylic acids is 3. The third kappa shape index (κ3) is 11.0. The van der Waals surface area contributed by atoms with Crippen LogP contribution in [0.1, 0.15) is 74.3 Å². The predicted octanol–water partition coefficient (Wildman–Crippen LogP) is 3.89. The fraction of sp³-hybridized carbons (Fsp3) is 0.531. The minimum absolute atomic E-state index is 0.0774. The summed E-state index contributed by atoms with van der Waals surface area (Å²) in [6, 6.07) is 12.0. The molecular formula is C32H44N4O7. The Hall–Kier alpha value is -3.99. The van der Waals surface area contributed by atoms with Gasteiger partial charge in [0.1, 0.15) is 11.7 Å². The number of amides is 3. The Bertz CT molecular complexity index is 1200. The van der Waals surface area contributed by atoms with Crippen LogP contribution in [-0.2, 0) is 20.7 Å². The van der Waals surface area contributed by atoms with Crippen molar-refractivity contribution in [2.24, 2.45) is 0 Å². The van der Waals surface area contributed by atoms with Gasteiger partial charge in [0.05, 0.1) is 12.3 Å². The molecule has 1 fully saturated rings. The average molecular weight is 597 g/mol. The topological polar surface area (TPSA) is 149 Å². The first-order valence-corrected chi connectivity index (χ1v) is 15.2. The molecule has 0 bridgehead atoms. The van der Waals surface area contributed by atoms with Gasteiger partial charge in [-0.1, -0.05) is 56.5 Å². The SMILES string of the molecule is CCCCCOC(=O)N1CCN(C(=O)[C@H](CCC(=O)O)NC(=O)c2cc(CCCCCO)cc(-c3ccccc3)n2)CC1. The summed E-state index contributed by atoms with van der Waals surface area (Å²) in [5.74, 6) is -2.03. The second-order valence-electron chi connectivity index (χ2n) is 10.7. The Kier molecular flexibility index (Phi) is 13.9. The van der Waals surface area contributed by atoms with E-state index in [1.165, 1.54) is 0 Å². The molecule has 1 aromatic heterocycles. The van der Waals surface area contributed by atoms with E-state index in [2.05, 4.69) is 17.2 Å². The molecule has 0 unspecified atom stereocenters. The predicted molar refractivity (Wildman–Crippen MR) is 161 cm³/mol. The number of rotatable bonds is 16. The van der Waals surface area contributed by atoms with Crippen molar-refractivity contribution in [2.45, 2.75) is 70.8 Å². The van der Waals surface area contributed by atoms with Crippen molar-refractivity contribution in [1.82, 2.24) is 20.1 Å². The summed E-state index contributed by atoms with van der Waals surface area (Å²) in [6.07, 6.45) is 5.10. The van der Waals surface area contributed by atoms with E-state index in [4.69, 9.17) is 9.84 Å². The molecule has 3 N–H and O–H groups in total. The molecule has 0 spiro atoms. The minimum atomic E-state index is -1.07. The van der Waals surface area contributed by atoms with E-state index in [9.17, 15) is 24.3 Å². The number of piperazine rings is 1. The van der Waals surface area contributed by atoms with Crippen LogP contribution in [0.2, 0.25) is 0 Å². The number of pyridine rings is 1. The van der Waals surface area contributed by atoms with Crippen LogP contribution in [0.15, 0.2) is 42.5 Å². The first-order valence-electron chi connectivity index (χ1n) is 15.2. The highest BCUT2D eigenvalue weighted by Gasteiger charge is 2.31. The van der Waals surface area contributed by atoms with Crippen molar-refractivity contribution in [3.8, 4) is 11.3 Å². The number of unbranched alkanes of at least 4 members (excludes halogenated alkanes) is 4. The maximum atomic E-state index is 13.5. The number of hydrogen-bond donors (Lipinski definition) is 3. The molecule has 11 heteroatoms. The molecule has 0 aliphatic carbocycles. The van der Waals surface area contributed by atoms with Crippen molar-refractivity contribution in [3.05, 3.63) is 53.7 Å². The van der Waals surface area contributed by atoms with E-state index in [1.54, 1.807) is 15.9 Å². The molecule has 1 aromatic carbocycles. The molecule has 1 aliphatic rings. The van der Waals surface area contributed by atoms with Gasteiger partial charge in [0.2, 0.25) is 5.91 Å². The standard InChI is InChI=1S/C32H44N4O7/c1-2-3-10-21-43-32(42)36-18-16-35(17-19-36)31(41)26(14-15-29(38)39)34-30(40)28-23-24(11-6-5-9-20-37)22-27(33-28)25-12-7-4-8-13-25/h4,7-8,12-13,22-23,26,37H,2-3,5-6,9-11,14-21H2,1H3,(H,34,40)(H,38,39)/t26-/m0/s1. The highest BCUT2D eigenvalue weighted by atomic mass is 16.6. The maximum absolute atomic E-state index is 13.5. The summed E-state index contributed by atoms with van der Waals surface area (Å²) in [5, 5.41) is 21.2. The van der Waals surface area contributed by atoms with Crippen LogP contribution in [0, 0.1) is 0 Å². The fourth-order valence-corrected chi connectivity index (χ4v) is 4.91. The lowest BCUT2D eigenvalue weighted by Gasteiger charge is -2.36. The van der Waals surface area contributed by atoms with Gasteiger partial charge in [0.25, 0.3) is 5.91 Å². The van der Waals surface area contributed by atoms with Gasteiger partial charge >= 0.3 is 12.1 Å². The van der Waals surface area contributed by atoms with Gasteiger partial charge in [-0.05, 0) is 49.8 Å². The number of ether oxygens (including phenoxy) is 1. The summed E-state index contributed by atoms with van der Waals surface area (Å²) >= 11 is 0. The number of nitrogens with zero attached hydrogens (tertiary/aromatic N) is 3. The largest absolute Gasteiger partial charge is 0.481 e. The molecule has 1 atom stereocenters. The van der Waals surface area contributed by atoms with Crippen LogP contribution in [0.5, 0.6) is 0 Å². The molecule has 3 rings (SSSR count). The Morgan fingerprint density at radius 3 is 2.35 bits per heavy atom. The number of aromatic nitrogens is 1. The number of aliphatic hydroxyl groups excluding tert-OH is 1. The first-order chi connectivity index (χ1) is 20.8. The van der Waals surface area contributed by atoms with Crippen LogP contribution in [-0.4, -0.2) is 94.3 Å². The molecule has 1 saturated heterocycles. The Morgan fingerprint density at radius 1 is 0.953 bits per heavy atom. The van der Waals surface area contributed by atoms with Crippen LogP contribution < -0.4 is 5.32 Å². The first kappa shape index (κ1) is 33.5. The normalized spacial score (nSPS) is 13.8. The zero-order chi connectivity index (χ0) is 31.0. The van der Waals surface area contributed by atoms with Gasteiger partial charge in [-0.3, -0.25) is 14.4 Å². The quantitative estimate of drug-likeness (QED) is 0.247. The zero-order valence-corrected chi connectivity index (χ0v) is 25.0. The number of benzene rings is 1. The van der Waals surface area contributed by atoms with Crippen LogP contribution in [0.3, 0.4) is 0 Å². The second kappa shape index (κ2) is 17.8. The Balaban J connectivity index is 1.71. The summed E-state index contributed by atoms with van der Waals surface area (Å²) in [6.45, 7) is 3.64. The smallest absolute Gasteiger partial charge is 0.409 e. The number of carbonyl (C=O) groups is 4. The number of aryl methyl sites for hydroxylation is 1. The number of carboxylic acid groups (broad SMARTS) is 1. The van der Waals surface area contributed by atoms with Crippen LogP contribution in [0.25, 0.3) is 11.3 Å². The van der Waals surface area contributed by atoms with E-state index < -0.39 is 29.9 Å². The number of aliphatic hydroxyl groups is 1. The van der Waals surface area contributed by atoms with Crippen molar-refractivity contribution in [2.75, 3.05) is 39.4 Å². The molecular weight excluding hydrogens is 552 g/mol. The molecule has 2 heterocycles. The third-order valence-corrected chi connectivity index (χ3v) is 7.38. The fourth-order valence-electron chi connectivity index (χ4n) is 4.91. The van der Waals surface area contributed by atoms with Crippen molar-refractivity contribution >= 4 is 23.9 Å². The van der Waals surface area contributed by atoms with Crippen molar-refractivity contribution in [3.63, 3.8) is 0 Å². The van der Waals surface area contributed by atoms with E-state index in [1.807, 2.05) is 36.4 Å². The van der Waals surface area contributed by atoms with Gasteiger partial charge in [-0.25, -0.2) is 9.78 Å². The van der Waals surface area contributed by atoms with Crippen molar-refractivity contribution < 1.29 is 34.1 Å². The van der Waals surface area contributed by atoms with E-state index >= 15 is 0 Å². The summed E-state index contributed by atoms with van der Waals surface area (Å²) in [4.78, 5) is 58.4. The molecule has 0 saturated carbocycles. The summed E-state index contributed by atoms with van der Waals surface area (Å²) in [7, 11) is 0. The van der Waals surface area contributed by atoms with E-state index in [0.717, 1.165) is 43.2 Å². The third-order valence-electron chi connectivity index (χ3n) is 7.38. The van der Waals surface area contributed by atoms with Gasteiger partial charge in [0.15, 0.2) is 0 Å². The molecule has 43 heavy (non-hydrogen) atoms. The molecule has 2 aromatic rings. The Morgan fingerprint density at radius 2 is 1.67 bits per heavy atom. The molecule has 3 amide bonds. The lowest BCUT2D eigenvalue weighted by atomic mass is 10.0. The summed E-state index contributed by atoms with van der Waals surface area (Å²) < 4.78 is 5.32. The van der Waals surface area contributed by atoms with E-state index in [-0.39, 0.29) is 51.3 Å². The number of carboxylic acids is 1. The minimum Gasteiger partial charge on any atom is -0.481 e. The molecule has 1 aliphatic heterocycles. The highest BCUT2D eigenvalue weighted by molar-refractivity contribution is 5.97. The number of hydrogen-bond acceptors (Lipinski definition) is 7. The lowest BCUT2D eigenvalue weighted by molar-refractivity contribution is -0.138. The van der Waals surface area contributed by atoms with Gasteiger partial charge in [-0.15, -0.1) is 0 Å². The van der Waals surface area contributed by atoms with Gasteiger partial charge in [0, 0.05) is 44.8 Å². The number of aliphatic carboxylic acids is 1. The highest BCUT2D eigenvalue weighted by Crippen LogP contribution is 2.21. The van der Waals surface area contributed by atoms with Crippen LogP contribution >= 0.6 is 0 Å². The van der Waals surface area contributed by atoms with Crippen LogP contribution in [0.4, 0.5) is 4.79 Å². The van der Waals surface area contributed by atoms with Gasteiger partial charge in [-0.2, -0.15) is 0 Å². The lowest BCUT2D eigenvalue weighted by Crippen LogP contribution is -2.56. The van der Waals surface area contributed by atoms with Crippen molar-refractivity contribution in [1.29, 1.82) is 0 Å². The second-order valence-corrected chi connectivity index (χ2v) is 10.7. The van der Waals surface area contributed by atoms with Gasteiger partial charge < -0.3 is 30.1 Å². The monoisotopic (exact) mass is 596 g/mol. The Labute approximate surface area is 253 Å². The summed E-state index contributed by atoms with van der Waals surface area (Å²) in [5.41, 5.74) is 2.51. The molecule has 234 valence electrons. The number of nitrogens with one attached hydrogen (secondary N) is 1. The van der Waals surface area contributed by atoms with E-state index in [0.29, 0.717) is 25.1 Å². The molecule has 0 radical (unpaired) electrons. The maximum Gasteiger partial charge on any atom is 0.409 e. The average Bonchev–Trinajstić information content (AvgIpc) is 3.03.